The third-order valence-electron chi connectivity index (χ3n) is 10.9. The van der Waals surface area contributed by atoms with Crippen LogP contribution in [-0.4, -0.2) is 84.1 Å². The van der Waals surface area contributed by atoms with Crippen LogP contribution in [0.15, 0.2) is 97.1 Å². The van der Waals surface area contributed by atoms with E-state index in [-0.39, 0.29) is 24.4 Å². The van der Waals surface area contributed by atoms with Gasteiger partial charge >= 0.3 is 6.09 Å². The summed E-state index contributed by atoms with van der Waals surface area (Å²) in [4.78, 5) is 49.8. The van der Waals surface area contributed by atoms with Gasteiger partial charge in [0.1, 0.15) is 6.61 Å². The van der Waals surface area contributed by atoms with Gasteiger partial charge in [-0.3, -0.25) is 9.59 Å². The third-order valence-corrected chi connectivity index (χ3v) is 10.9. The largest absolute Gasteiger partial charge is 0.488 e. The van der Waals surface area contributed by atoms with Crippen LogP contribution in [0.3, 0.4) is 0 Å². The molecule has 55 heavy (non-hydrogen) atoms. The number of carbonyl (C=O) groups excluding carboxylic acids is 3. The summed E-state index contributed by atoms with van der Waals surface area (Å²) in [5.74, 6) is 0.661. The molecule has 0 aliphatic carbocycles. The van der Waals surface area contributed by atoms with Crippen LogP contribution in [0.1, 0.15) is 55.6 Å². The summed E-state index contributed by atoms with van der Waals surface area (Å²) in [7, 11) is 7.67. The molecule has 0 radical (unpaired) electrons. The zero-order valence-electron chi connectivity index (χ0n) is 32.5. The summed E-state index contributed by atoms with van der Waals surface area (Å²) in [6.45, 7) is 6.44. The predicted octanol–water partition coefficient (Wildman–Crippen LogP) is 7.36. The number of likely N-dealkylation sites (N-methyl/N-ethyl adjacent to an activating group) is 1. The first-order valence-corrected chi connectivity index (χ1v) is 18.9. The lowest BCUT2D eigenvalue weighted by molar-refractivity contribution is 0.0658. The molecule has 1 aromatic heterocycles. The standard InChI is InChI=1S/C45H49N5O5/c1-30-24-32-14-10-11-15-34(32)29-50(30)44(52)39-26-35-28-49(45(53)55-42-19-13-12-18-41(42)54-23-22-46(3)4)21-20-33(35)25-38(39)40-27-37(31(2)47(40)5)43(51)48(6)36-16-8-7-9-17-36/h7-19,25-27,30H,20-24,28-29H2,1-6H3/t30-/m1/s1. The number of amides is 3. The minimum absolute atomic E-state index is 0.0235. The number of nitrogens with zero attached hydrogens (tertiary/aromatic N) is 5. The molecule has 3 heterocycles. The number of hydrogen-bond acceptors (Lipinski definition) is 6. The number of hydrogen-bond donors (Lipinski definition) is 0. The Kier molecular flexibility index (Phi) is 10.8. The van der Waals surface area contributed by atoms with E-state index in [0.29, 0.717) is 48.7 Å². The van der Waals surface area contributed by atoms with E-state index < -0.39 is 6.09 Å². The van der Waals surface area contributed by atoms with Gasteiger partial charge < -0.3 is 33.6 Å². The Labute approximate surface area is 323 Å². The lowest BCUT2D eigenvalue weighted by Crippen LogP contribution is -2.43. The second-order valence-electron chi connectivity index (χ2n) is 14.8. The smallest absolute Gasteiger partial charge is 0.415 e. The summed E-state index contributed by atoms with van der Waals surface area (Å²) in [6, 6.07) is 31.0. The molecule has 10 heteroatoms. The van der Waals surface area contributed by atoms with Crippen molar-refractivity contribution < 1.29 is 23.9 Å². The number of ether oxygens (including phenoxy) is 2. The first kappa shape index (κ1) is 37.4. The normalized spacial score (nSPS) is 15.0. The fraction of sp³-hybridized carbons (Fsp3) is 0.311. The summed E-state index contributed by atoms with van der Waals surface area (Å²) >= 11 is 0. The summed E-state index contributed by atoms with van der Waals surface area (Å²) in [6.07, 6.45) is 0.860. The van der Waals surface area contributed by atoms with Crippen molar-refractivity contribution in [2.45, 2.75) is 45.8 Å². The second kappa shape index (κ2) is 15.8. The summed E-state index contributed by atoms with van der Waals surface area (Å²) in [5, 5.41) is 0. The number of carbonyl (C=O) groups is 3. The molecule has 5 aromatic rings. The van der Waals surface area contributed by atoms with Gasteiger partial charge in [-0.15, -0.1) is 0 Å². The van der Waals surface area contributed by atoms with Gasteiger partial charge in [0.15, 0.2) is 11.5 Å². The van der Waals surface area contributed by atoms with Gasteiger partial charge in [-0.1, -0.05) is 54.6 Å². The maximum atomic E-state index is 14.9. The minimum Gasteiger partial charge on any atom is -0.488 e. The molecule has 0 saturated carbocycles. The van der Waals surface area contributed by atoms with Gasteiger partial charge in [-0.2, -0.15) is 0 Å². The van der Waals surface area contributed by atoms with Crippen LogP contribution in [0.25, 0.3) is 11.3 Å². The van der Waals surface area contributed by atoms with Crippen LogP contribution in [-0.2, 0) is 33.0 Å². The monoisotopic (exact) mass is 739 g/mol. The average Bonchev–Trinajstić information content (AvgIpc) is 3.49. The maximum Gasteiger partial charge on any atom is 0.415 e. The van der Waals surface area contributed by atoms with E-state index in [0.717, 1.165) is 52.3 Å². The lowest BCUT2D eigenvalue weighted by atomic mass is 9.90. The van der Waals surface area contributed by atoms with E-state index in [1.807, 2.05) is 109 Å². The molecule has 2 aliphatic heterocycles. The predicted molar refractivity (Wildman–Crippen MR) is 215 cm³/mol. The molecule has 4 aromatic carbocycles. The van der Waals surface area contributed by atoms with E-state index >= 15 is 0 Å². The van der Waals surface area contributed by atoms with Crippen molar-refractivity contribution in [3.8, 4) is 22.8 Å². The lowest BCUT2D eigenvalue weighted by Gasteiger charge is -2.36. The highest BCUT2D eigenvalue weighted by Gasteiger charge is 2.33. The first-order valence-electron chi connectivity index (χ1n) is 18.9. The molecule has 0 spiro atoms. The van der Waals surface area contributed by atoms with Crippen molar-refractivity contribution >= 4 is 23.6 Å². The van der Waals surface area contributed by atoms with Gasteiger partial charge in [0.05, 0.1) is 5.56 Å². The van der Waals surface area contributed by atoms with Crippen LogP contribution in [0.2, 0.25) is 0 Å². The fourth-order valence-electron chi connectivity index (χ4n) is 7.53. The molecule has 0 N–H and O–H groups in total. The van der Waals surface area contributed by atoms with Crippen LogP contribution < -0.4 is 14.4 Å². The van der Waals surface area contributed by atoms with Crippen molar-refractivity contribution in [2.24, 2.45) is 7.05 Å². The van der Waals surface area contributed by atoms with Crippen molar-refractivity contribution in [1.82, 2.24) is 19.3 Å². The zero-order valence-corrected chi connectivity index (χ0v) is 32.5. The van der Waals surface area contributed by atoms with Gasteiger partial charge in [-0.25, -0.2) is 4.79 Å². The highest BCUT2D eigenvalue weighted by molar-refractivity contribution is 6.08. The van der Waals surface area contributed by atoms with Crippen molar-refractivity contribution in [3.63, 3.8) is 0 Å². The zero-order chi connectivity index (χ0) is 38.8. The number of rotatable bonds is 9. The van der Waals surface area contributed by atoms with E-state index in [1.165, 1.54) is 5.56 Å². The molecular formula is C45H49N5O5. The summed E-state index contributed by atoms with van der Waals surface area (Å²) in [5.41, 5.74) is 8.59. The Hall–Kier alpha value is -5.87. The Balaban J connectivity index is 1.23. The van der Waals surface area contributed by atoms with Crippen molar-refractivity contribution in [1.29, 1.82) is 0 Å². The van der Waals surface area contributed by atoms with Crippen LogP contribution >= 0.6 is 0 Å². The Bertz CT molecular complexity index is 2230. The van der Waals surface area contributed by atoms with Gasteiger partial charge in [0.2, 0.25) is 0 Å². The van der Waals surface area contributed by atoms with Crippen LogP contribution in [0, 0.1) is 6.92 Å². The summed E-state index contributed by atoms with van der Waals surface area (Å²) < 4.78 is 13.9. The molecule has 284 valence electrons. The molecule has 2 aliphatic rings. The highest BCUT2D eigenvalue weighted by atomic mass is 16.6. The Morgan fingerprint density at radius 3 is 2.22 bits per heavy atom. The Morgan fingerprint density at radius 1 is 0.782 bits per heavy atom. The fourth-order valence-corrected chi connectivity index (χ4v) is 7.53. The van der Waals surface area contributed by atoms with Crippen molar-refractivity contribution in [3.05, 3.63) is 136 Å². The molecule has 7 rings (SSSR count). The minimum atomic E-state index is -0.476. The first-order chi connectivity index (χ1) is 26.5. The number of benzene rings is 4. The molecule has 0 fully saturated rings. The van der Waals surface area contributed by atoms with E-state index in [2.05, 4.69) is 25.1 Å². The molecule has 10 nitrogen and oxygen atoms in total. The van der Waals surface area contributed by atoms with Crippen molar-refractivity contribution in [2.75, 3.05) is 45.7 Å². The van der Waals surface area contributed by atoms with Gasteiger partial charge in [-0.05, 0) is 106 Å². The molecule has 0 saturated heterocycles. The number of fused-ring (bicyclic) bond motifs is 2. The number of aromatic nitrogens is 1. The molecular weight excluding hydrogens is 691 g/mol. The maximum absolute atomic E-state index is 14.9. The molecule has 0 bridgehead atoms. The Morgan fingerprint density at radius 2 is 1.47 bits per heavy atom. The van der Waals surface area contributed by atoms with E-state index in [1.54, 1.807) is 29.0 Å². The van der Waals surface area contributed by atoms with Gasteiger partial charge in [0.25, 0.3) is 11.8 Å². The SMILES string of the molecule is Cc1c(C(=O)N(C)c2ccccc2)cc(-c2cc3c(cc2C(=O)N2Cc4ccccc4C[C@H]2C)CN(C(=O)Oc2ccccc2OCCN(C)C)CC3)n1C. The van der Waals surface area contributed by atoms with E-state index in [4.69, 9.17) is 9.47 Å². The highest BCUT2D eigenvalue weighted by Crippen LogP contribution is 2.36. The molecule has 3 amide bonds. The number of para-hydroxylation sites is 3. The molecule has 0 unspecified atom stereocenters. The van der Waals surface area contributed by atoms with Crippen LogP contribution in [0.4, 0.5) is 10.5 Å². The number of anilines is 1. The van der Waals surface area contributed by atoms with Gasteiger partial charge in [0, 0.05) is 74.5 Å². The topological polar surface area (TPSA) is 87.6 Å². The second-order valence-corrected chi connectivity index (χ2v) is 14.8. The van der Waals surface area contributed by atoms with Crippen LogP contribution in [0.5, 0.6) is 11.5 Å². The molecule has 1 atom stereocenters. The quantitative estimate of drug-likeness (QED) is 0.157. The third kappa shape index (κ3) is 7.73. The van der Waals surface area contributed by atoms with E-state index in [9.17, 15) is 14.4 Å². The average molecular weight is 740 g/mol.